The molecule has 2 heteroatoms. The molecule has 0 aromatic heterocycles. The van der Waals surface area contributed by atoms with Gasteiger partial charge in [0.15, 0.2) is 0 Å². The highest BCUT2D eigenvalue weighted by Crippen LogP contribution is 2.29. The first-order chi connectivity index (χ1) is 6.09. The first-order valence-electron chi connectivity index (χ1n) is 4.23. The summed E-state index contributed by atoms with van der Waals surface area (Å²) in [6.07, 6.45) is 9.99. The summed E-state index contributed by atoms with van der Waals surface area (Å²) in [5, 5.41) is 0. The van der Waals surface area contributed by atoms with Crippen LogP contribution in [0.3, 0.4) is 0 Å². The zero-order valence-corrected chi connectivity index (χ0v) is 9.19. The van der Waals surface area contributed by atoms with Crippen LogP contribution in [-0.4, -0.2) is 12.5 Å². The molecule has 0 radical (unpaired) electrons. The van der Waals surface area contributed by atoms with E-state index in [0.29, 0.717) is 0 Å². The zero-order valence-electron chi connectivity index (χ0n) is 8.37. The molecule has 1 aliphatic rings. The van der Waals surface area contributed by atoms with Gasteiger partial charge >= 0.3 is 0 Å². The predicted octanol–water partition coefficient (Wildman–Crippen LogP) is 3.41. The van der Waals surface area contributed by atoms with Gasteiger partial charge in [0.25, 0.3) is 0 Å². The van der Waals surface area contributed by atoms with Gasteiger partial charge in [-0.2, -0.15) is 0 Å². The molecule has 1 rings (SSSR count). The lowest BCUT2D eigenvalue weighted by Gasteiger charge is -2.13. The van der Waals surface area contributed by atoms with Crippen molar-refractivity contribution in [2.45, 2.75) is 13.8 Å². The van der Waals surface area contributed by atoms with Gasteiger partial charge in [0.1, 0.15) is 0 Å². The van der Waals surface area contributed by atoms with Crippen LogP contribution >= 0.6 is 11.8 Å². The monoisotopic (exact) mass is 193 g/mol. The van der Waals surface area contributed by atoms with Crippen LogP contribution in [0.4, 0.5) is 0 Å². The minimum Gasteiger partial charge on any atom is -0.267 e. The lowest BCUT2D eigenvalue weighted by molar-refractivity contribution is 0.692. The average Bonchev–Trinajstić information content (AvgIpc) is 2.22. The van der Waals surface area contributed by atoms with Crippen LogP contribution in [0, 0.1) is 5.41 Å². The summed E-state index contributed by atoms with van der Waals surface area (Å²) in [4.78, 5) is 5.44. The van der Waals surface area contributed by atoms with Crippen molar-refractivity contribution >= 4 is 18.0 Å². The number of hydrogen-bond donors (Lipinski definition) is 0. The Balaban J connectivity index is 3.10. The molecule has 1 nitrogen and oxygen atoms in total. The van der Waals surface area contributed by atoms with Gasteiger partial charge < -0.3 is 0 Å². The summed E-state index contributed by atoms with van der Waals surface area (Å²) < 4.78 is 0. The van der Waals surface area contributed by atoms with Gasteiger partial charge in [-0.05, 0) is 11.8 Å². The molecule has 0 amide bonds. The Hall–Kier alpha value is -0.760. The van der Waals surface area contributed by atoms with E-state index in [1.54, 1.807) is 11.8 Å². The molecule has 0 saturated carbocycles. The van der Waals surface area contributed by atoms with Crippen LogP contribution in [0.15, 0.2) is 40.4 Å². The van der Waals surface area contributed by atoms with E-state index in [1.165, 1.54) is 10.5 Å². The summed E-state index contributed by atoms with van der Waals surface area (Å²) in [5.74, 6) is 0. The van der Waals surface area contributed by atoms with Crippen LogP contribution in [-0.2, 0) is 0 Å². The van der Waals surface area contributed by atoms with Gasteiger partial charge in [-0.15, -0.1) is 11.8 Å². The largest absolute Gasteiger partial charge is 0.267 e. The molecule has 0 spiro atoms. The molecular formula is C11H15NS. The fraction of sp³-hybridized carbons (Fsp3) is 0.364. The molecule has 0 aromatic rings. The molecule has 1 heterocycles. The molecule has 1 aliphatic heterocycles. The summed E-state index contributed by atoms with van der Waals surface area (Å²) in [5.41, 5.74) is 1.20. The van der Waals surface area contributed by atoms with E-state index >= 15 is 0 Å². The molecule has 0 unspecified atom stereocenters. The molecule has 0 saturated heterocycles. The standard InChI is InChI=1S/C11H15NS/c1-5-9-6-11(2,3)8-12-7-10(9)13-4/h5-8H,1H2,2-4H3. The Bertz CT molecular complexity index is 295. The third-order valence-corrected chi connectivity index (χ3v) is 2.63. The van der Waals surface area contributed by atoms with Gasteiger partial charge in [-0.25, -0.2) is 0 Å². The predicted molar refractivity (Wildman–Crippen MR) is 62.2 cm³/mol. The SMILES string of the molecule is C=CC1=CC(C)(C)C=NC=C1SC. The van der Waals surface area contributed by atoms with Gasteiger partial charge in [0, 0.05) is 22.7 Å². The van der Waals surface area contributed by atoms with E-state index in [1.807, 2.05) is 18.5 Å². The second-order valence-electron chi connectivity index (χ2n) is 3.60. The van der Waals surface area contributed by atoms with Crippen molar-refractivity contribution in [3.8, 4) is 0 Å². The van der Waals surface area contributed by atoms with Crippen molar-refractivity contribution in [1.82, 2.24) is 0 Å². The van der Waals surface area contributed by atoms with Crippen molar-refractivity contribution in [1.29, 1.82) is 0 Å². The zero-order chi connectivity index (χ0) is 9.90. The molecular weight excluding hydrogens is 178 g/mol. The summed E-state index contributed by atoms with van der Waals surface area (Å²) >= 11 is 1.70. The number of hydrogen-bond acceptors (Lipinski definition) is 2. The summed E-state index contributed by atoms with van der Waals surface area (Å²) in [7, 11) is 0. The first kappa shape index (κ1) is 10.3. The quantitative estimate of drug-likeness (QED) is 0.654. The second kappa shape index (κ2) is 3.97. The van der Waals surface area contributed by atoms with E-state index < -0.39 is 0 Å². The maximum absolute atomic E-state index is 4.27. The van der Waals surface area contributed by atoms with Crippen LogP contribution in [0.1, 0.15) is 13.8 Å². The molecule has 70 valence electrons. The van der Waals surface area contributed by atoms with Gasteiger partial charge in [0.05, 0.1) is 0 Å². The fourth-order valence-corrected chi connectivity index (χ4v) is 1.76. The van der Waals surface area contributed by atoms with Crippen molar-refractivity contribution < 1.29 is 0 Å². The minimum absolute atomic E-state index is 0.0253. The lowest BCUT2D eigenvalue weighted by Crippen LogP contribution is -2.08. The molecule has 0 aliphatic carbocycles. The molecule has 0 N–H and O–H groups in total. The normalized spacial score (nSPS) is 20.2. The van der Waals surface area contributed by atoms with E-state index in [-0.39, 0.29) is 5.41 Å². The Morgan fingerprint density at radius 3 is 2.77 bits per heavy atom. The van der Waals surface area contributed by atoms with Gasteiger partial charge in [0.2, 0.25) is 0 Å². The molecule has 0 aromatic carbocycles. The van der Waals surface area contributed by atoms with E-state index in [0.717, 1.165) is 0 Å². The Morgan fingerprint density at radius 2 is 2.23 bits per heavy atom. The van der Waals surface area contributed by atoms with E-state index in [4.69, 9.17) is 0 Å². The topological polar surface area (TPSA) is 12.4 Å². The maximum atomic E-state index is 4.27. The highest BCUT2D eigenvalue weighted by Gasteiger charge is 2.15. The number of rotatable bonds is 2. The number of aliphatic imine (C=N–C) groups is 1. The number of nitrogens with zero attached hydrogens (tertiary/aromatic N) is 1. The van der Waals surface area contributed by atoms with Crippen LogP contribution in [0.5, 0.6) is 0 Å². The van der Waals surface area contributed by atoms with Crippen LogP contribution < -0.4 is 0 Å². The Labute approximate surface area is 84.3 Å². The third kappa shape index (κ3) is 2.59. The second-order valence-corrected chi connectivity index (χ2v) is 4.45. The summed E-state index contributed by atoms with van der Waals surface area (Å²) in [6, 6.07) is 0. The first-order valence-corrected chi connectivity index (χ1v) is 5.46. The average molecular weight is 193 g/mol. The molecule has 0 bridgehead atoms. The number of thioether (sulfide) groups is 1. The van der Waals surface area contributed by atoms with Crippen molar-refractivity contribution in [2.75, 3.05) is 6.26 Å². The van der Waals surface area contributed by atoms with Gasteiger partial charge in [-0.1, -0.05) is 32.6 Å². The van der Waals surface area contributed by atoms with Crippen LogP contribution in [0.2, 0.25) is 0 Å². The van der Waals surface area contributed by atoms with Crippen molar-refractivity contribution in [3.05, 3.63) is 35.4 Å². The third-order valence-electron chi connectivity index (χ3n) is 1.85. The lowest BCUT2D eigenvalue weighted by atomic mass is 9.92. The smallest absolute Gasteiger partial charge is 0.0406 e. The minimum atomic E-state index is 0.0253. The fourth-order valence-electron chi connectivity index (χ4n) is 1.21. The van der Waals surface area contributed by atoms with E-state index in [9.17, 15) is 0 Å². The molecule has 0 fully saturated rings. The summed E-state index contributed by atoms with van der Waals surface area (Å²) in [6.45, 7) is 8.08. The highest BCUT2D eigenvalue weighted by molar-refractivity contribution is 8.02. The van der Waals surface area contributed by atoms with Crippen molar-refractivity contribution in [3.63, 3.8) is 0 Å². The molecule has 0 atom stereocenters. The van der Waals surface area contributed by atoms with Crippen molar-refractivity contribution in [2.24, 2.45) is 10.4 Å². The van der Waals surface area contributed by atoms with E-state index in [2.05, 4.69) is 37.8 Å². The van der Waals surface area contributed by atoms with Crippen LogP contribution in [0.25, 0.3) is 0 Å². The Kier molecular flexibility index (Phi) is 3.15. The number of allylic oxidation sites excluding steroid dienone is 3. The highest BCUT2D eigenvalue weighted by atomic mass is 32.2. The molecule has 13 heavy (non-hydrogen) atoms. The van der Waals surface area contributed by atoms with Gasteiger partial charge in [-0.3, -0.25) is 4.99 Å². The Morgan fingerprint density at radius 1 is 1.54 bits per heavy atom. The maximum Gasteiger partial charge on any atom is 0.0406 e.